The Morgan fingerprint density at radius 3 is 3.08 bits per heavy atom. The first kappa shape index (κ1) is 17.0. The van der Waals surface area contributed by atoms with E-state index in [0.717, 1.165) is 26.2 Å². The maximum Gasteiger partial charge on any atom is 0.249 e. The van der Waals surface area contributed by atoms with Crippen LogP contribution in [0.5, 0.6) is 0 Å². The van der Waals surface area contributed by atoms with Crippen molar-refractivity contribution in [2.45, 2.75) is 13.0 Å². The molecule has 0 aliphatic carbocycles. The highest BCUT2D eigenvalue weighted by atomic mass is 35.5. The van der Waals surface area contributed by atoms with E-state index >= 15 is 0 Å². The standard InChI is InChI=1S/C17H17Cl2N3O2/c18-14-3-1-2-13(17(14)19)4-5-16(23)21-15-6-8-20-22(15)10-12-7-9-24-11-12/h1-6,8,12H,7,9-11H2,(H,21,23). The lowest BCUT2D eigenvalue weighted by molar-refractivity contribution is -0.111. The number of amides is 1. The van der Waals surface area contributed by atoms with Crippen molar-refractivity contribution in [1.29, 1.82) is 0 Å². The van der Waals surface area contributed by atoms with E-state index in [-0.39, 0.29) is 5.91 Å². The molecule has 1 saturated heterocycles. The first-order valence-electron chi connectivity index (χ1n) is 7.66. The number of nitrogens with zero attached hydrogens (tertiary/aromatic N) is 2. The Morgan fingerprint density at radius 2 is 2.29 bits per heavy atom. The zero-order chi connectivity index (χ0) is 16.9. The molecule has 7 heteroatoms. The van der Waals surface area contributed by atoms with Crippen molar-refractivity contribution in [1.82, 2.24) is 9.78 Å². The molecule has 1 aromatic carbocycles. The topological polar surface area (TPSA) is 56.2 Å². The Bertz CT molecular complexity index is 752. The summed E-state index contributed by atoms with van der Waals surface area (Å²) in [5.41, 5.74) is 0.691. The second-order valence-corrected chi connectivity index (χ2v) is 6.38. The Morgan fingerprint density at radius 1 is 1.42 bits per heavy atom. The van der Waals surface area contributed by atoms with E-state index in [1.54, 1.807) is 41.2 Å². The maximum atomic E-state index is 12.1. The molecule has 5 nitrogen and oxygen atoms in total. The van der Waals surface area contributed by atoms with Crippen LogP contribution in [-0.2, 0) is 16.1 Å². The molecule has 3 rings (SSSR count). The van der Waals surface area contributed by atoms with Crippen LogP contribution >= 0.6 is 23.2 Å². The SMILES string of the molecule is O=C(C=Cc1cccc(Cl)c1Cl)Nc1ccnn1CC1CCOC1. The monoisotopic (exact) mass is 365 g/mol. The highest BCUT2D eigenvalue weighted by Crippen LogP contribution is 2.26. The van der Waals surface area contributed by atoms with Crippen LogP contribution in [0.4, 0.5) is 5.82 Å². The molecule has 1 aliphatic rings. The van der Waals surface area contributed by atoms with Gasteiger partial charge in [-0.25, -0.2) is 4.68 Å². The van der Waals surface area contributed by atoms with Crippen LogP contribution in [0.2, 0.25) is 10.0 Å². The summed E-state index contributed by atoms with van der Waals surface area (Å²) in [5.74, 6) is 0.838. The lowest BCUT2D eigenvalue weighted by Gasteiger charge is -2.11. The van der Waals surface area contributed by atoms with E-state index in [0.29, 0.717) is 27.3 Å². The van der Waals surface area contributed by atoms with Crippen LogP contribution in [0.15, 0.2) is 36.5 Å². The first-order chi connectivity index (χ1) is 11.6. The molecule has 0 radical (unpaired) electrons. The molecule has 126 valence electrons. The van der Waals surface area contributed by atoms with Gasteiger partial charge < -0.3 is 10.1 Å². The zero-order valence-corrected chi connectivity index (χ0v) is 14.4. The molecular formula is C17H17Cl2N3O2. The van der Waals surface area contributed by atoms with Gasteiger partial charge in [0.2, 0.25) is 5.91 Å². The number of aromatic nitrogens is 2. The molecule has 24 heavy (non-hydrogen) atoms. The molecule has 1 aromatic heterocycles. The Balaban J connectivity index is 1.64. The zero-order valence-electron chi connectivity index (χ0n) is 12.9. The average molecular weight is 366 g/mol. The second-order valence-electron chi connectivity index (χ2n) is 5.59. The average Bonchev–Trinajstić information content (AvgIpc) is 3.22. The summed E-state index contributed by atoms with van der Waals surface area (Å²) in [5, 5.41) is 7.97. The molecular weight excluding hydrogens is 349 g/mol. The highest BCUT2D eigenvalue weighted by Gasteiger charge is 2.18. The number of benzene rings is 1. The number of carbonyl (C=O) groups excluding carboxylic acids is 1. The summed E-state index contributed by atoms with van der Waals surface area (Å²) in [6.07, 6.45) is 5.74. The molecule has 2 aromatic rings. The van der Waals surface area contributed by atoms with Gasteiger partial charge >= 0.3 is 0 Å². The van der Waals surface area contributed by atoms with Gasteiger partial charge in [-0.2, -0.15) is 5.10 Å². The number of halogens is 2. The number of carbonyl (C=O) groups is 1. The fourth-order valence-electron chi connectivity index (χ4n) is 2.54. The smallest absolute Gasteiger partial charge is 0.249 e. The predicted octanol–water partition coefficient (Wildman–Crippen LogP) is 3.88. The molecule has 1 N–H and O–H groups in total. The summed E-state index contributed by atoms with van der Waals surface area (Å²) in [7, 11) is 0. The molecule has 1 atom stereocenters. The van der Waals surface area contributed by atoms with Crippen LogP contribution in [-0.4, -0.2) is 28.9 Å². The molecule has 1 aliphatic heterocycles. The van der Waals surface area contributed by atoms with E-state index in [2.05, 4.69) is 10.4 Å². The first-order valence-corrected chi connectivity index (χ1v) is 8.41. The number of nitrogens with one attached hydrogen (secondary N) is 1. The molecule has 1 unspecified atom stereocenters. The van der Waals surface area contributed by atoms with Crippen molar-refractivity contribution < 1.29 is 9.53 Å². The van der Waals surface area contributed by atoms with Crippen molar-refractivity contribution in [3.63, 3.8) is 0 Å². The Labute approximate surface area is 150 Å². The van der Waals surface area contributed by atoms with Crippen LogP contribution in [0, 0.1) is 5.92 Å². The van der Waals surface area contributed by atoms with Crippen molar-refractivity contribution in [2.75, 3.05) is 18.5 Å². The normalized spacial score (nSPS) is 17.5. The maximum absolute atomic E-state index is 12.1. The lowest BCUT2D eigenvalue weighted by Crippen LogP contribution is -2.17. The number of hydrogen-bond acceptors (Lipinski definition) is 3. The third-order valence-electron chi connectivity index (χ3n) is 3.82. The molecule has 0 spiro atoms. The van der Waals surface area contributed by atoms with Crippen molar-refractivity contribution in [2.24, 2.45) is 5.92 Å². The van der Waals surface area contributed by atoms with Crippen LogP contribution < -0.4 is 5.32 Å². The fraction of sp³-hybridized carbons (Fsp3) is 0.294. The van der Waals surface area contributed by atoms with Crippen molar-refractivity contribution in [3.05, 3.63) is 52.1 Å². The van der Waals surface area contributed by atoms with Gasteiger partial charge in [0.1, 0.15) is 5.82 Å². The summed E-state index contributed by atoms with van der Waals surface area (Å²) < 4.78 is 7.16. The summed E-state index contributed by atoms with van der Waals surface area (Å²) in [6.45, 7) is 2.25. The van der Waals surface area contributed by atoms with Crippen molar-refractivity contribution in [3.8, 4) is 0 Å². The number of rotatable bonds is 5. The largest absolute Gasteiger partial charge is 0.381 e. The minimum atomic E-state index is -0.254. The minimum Gasteiger partial charge on any atom is -0.381 e. The van der Waals surface area contributed by atoms with Gasteiger partial charge in [0.05, 0.1) is 22.8 Å². The summed E-state index contributed by atoms with van der Waals surface area (Å²) in [4.78, 5) is 12.1. The highest BCUT2D eigenvalue weighted by molar-refractivity contribution is 6.42. The van der Waals surface area contributed by atoms with Gasteiger partial charge in [0.25, 0.3) is 0 Å². The number of hydrogen-bond donors (Lipinski definition) is 1. The minimum absolute atomic E-state index is 0.254. The molecule has 2 heterocycles. The van der Waals surface area contributed by atoms with E-state index in [1.807, 2.05) is 0 Å². The quantitative estimate of drug-likeness (QED) is 0.818. The molecule has 0 bridgehead atoms. The molecule has 1 fully saturated rings. The Hall–Kier alpha value is -1.82. The van der Waals surface area contributed by atoms with Gasteiger partial charge in [-0.3, -0.25) is 4.79 Å². The third kappa shape index (κ3) is 4.17. The van der Waals surface area contributed by atoms with Gasteiger partial charge in [0.15, 0.2) is 0 Å². The molecule has 1 amide bonds. The predicted molar refractivity (Wildman–Crippen MR) is 95.3 cm³/mol. The van der Waals surface area contributed by atoms with E-state index in [4.69, 9.17) is 27.9 Å². The van der Waals surface area contributed by atoms with Gasteiger partial charge in [0, 0.05) is 31.2 Å². The van der Waals surface area contributed by atoms with E-state index < -0.39 is 0 Å². The molecule has 0 saturated carbocycles. The number of anilines is 1. The van der Waals surface area contributed by atoms with Gasteiger partial charge in [-0.1, -0.05) is 35.3 Å². The van der Waals surface area contributed by atoms with Gasteiger partial charge in [-0.15, -0.1) is 0 Å². The lowest BCUT2D eigenvalue weighted by atomic mass is 10.1. The van der Waals surface area contributed by atoms with Crippen LogP contribution in [0.3, 0.4) is 0 Å². The Kier molecular flexibility index (Phi) is 5.56. The van der Waals surface area contributed by atoms with Gasteiger partial charge in [-0.05, 0) is 24.1 Å². The second kappa shape index (κ2) is 7.83. The summed E-state index contributed by atoms with van der Waals surface area (Å²) >= 11 is 12.1. The van der Waals surface area contributed by atoms with Crippen LogP contribution in [0.25, 0.3) is 6.08 Å². The van der Waals surface area contributed by atoms with E-state index in [1.165, 1.54) is 6.08 Å². The number of ether oxygens (including phenoxy) is 1. The third-order valence-corrected chi connectivity index (χ3v) is 4.65. The van der Waals surface area contributed by atoms with Crippen LogP contribution in [0.1, 0.15) is 12.0 Å². The fourth-order valence-corrected chi connectivity index (χ4v) is 2.91. The summed E-state index contributed by atoms with van der Waals surface area (Å²) in [6, 6.07) is 7.05. The van der Waals surface area contributed by atoms with Crippen molar-refractivity contribution >= 4 is 41.0 Å². The van der Waals surface area contributed by atoms with E-state index in [9.17, 15) is 4.79 Å².